The predicted octanol–water partition coefficient (Wildman–Crippen LogP) is 4.17. The van der Waals surface area contributed by atoms with Crippen molar-refractivity contribution in [1.82, 2.24) is 9.97 Å². The van der Waals surface area contributed by atoms with Crippen molar-refractivity contribution in [3.63, 3.8) is 0 Å². The fraction of sp³-hybridized carbons (Fsp3) is 0.304. The number of anilines is 4. The van der Waals surface area contributed by atoms with Gasteiger partial charge < -0.3 is 19.9 Å². The number of rotatable bonds is 5. The summed E-state index contributed by atoms with van der Waals surface area (Å²) in [5.41, 5.74) is 4.44. The lowest BCUT2D eigenvalue weighted by molar-refractivity contribution is 0.415. The van der Waals surface area contributed by atoms with Crippen LogP contribution in [0.5, 0.6) is 5.75 Å². The smallest absolute Gasteiger partial charge is 0.229 e. The maximum Gasteiger partial charge on any atom is 0.229 e. The van der Waals surface area contributed by atoms with Crippen molar-refractivity contribution in [2.24, 2.45) is 0 Å². The molecule has 0 saturated carbocycles. The zero-order valence-electron chi connectivity index (χ0n) is 17.2. The Balaban J connectivity index is 1.46. The number of benzene rings is 2. The first-order valence-corrected chi connectivity index (χ1v) is 9.94. The lowest BCUT2D eigenvalue weighted by Gasteiger charge is -2.37. The fourth-order valence-corrected chi connectivity index (χ4v) is 3.62. The van der Waals surface area contributed by atoms with Crippen molar-refractivity contribution in [2.75, 3.05) is 48.4 Å². The molecule has 0 bridgehead atoms. The third-order valence-electron chi connectivity index (χ3n) is 5.14. The van der Waals surface area contributed by atoms with Crippen molar-refractivity contribution in [3.05, 3.63) is 65.9 Å². The minimum atomic E-state index is 0.606. The molecule has 1 fully saturated rings. The monoisotopic (exact) mass is 389 g/mol. The maximum absolute atomic E-state index is 5.30. The Morgan fingerprint density at radius 1 is 0.862 bits per heavy atom. The molecule has 6 heteroatoms. The molecule has 4 rings (SSSR count). The lowest BCUT2D eigenvalue weighted by atomic mass is 10.2. The largest absolute Gasteiger partial charge is 0.497 e. The maximum atomic E-state index is 5.30. The fourth-order valence-electron chi connectivity index (χ4n) is 3.62. The van der Waals surface area contributed by atoms with Gasteiger partial charge >= 0.3 is 0 Å². The molecule has 0 aliphatic carbocycles. The van der Waals surface area contributed by atoms with Gasteiger partial charge in [-0.25, -0.2) is 4.98 Å². The van der Waals surface area contributed by atoms with Crippen molar-refractivity contribution < 1.29 is 4.74 Å². The van der Waals surface area contributed by atoms with E-state index in [0.717, 1.165) is 49.1 Å². The second-order valence-corrected chi connectivity index (χ2v) is 7.36. The third-order valence-corrected chi connectivity index (χ3v) is 5.14. The van der Waals surface area contributed by atoms with Crippen molar-refractivity contribution >= 4 is 23.1 Å². The molecular formula is C23H27N5O. The summed E-state index contributed by atoms with van der Waals surface area (Å²) in [5.74, 6) is 2.37. The molecule has 0 amide bonds. The Kier molecular flexibility index (Phi) is 5.51. The van der Waals surface area contributed by atoms with E-state index in [1.807, 2.05) is 31.2 Å². The van der Waals surface area contributed by atoms with Crippen LogP contribution in [-0.4, -0.2) is 43.3 Å². The topological polar surface area (TPSA) is 53.5 Å². The van der Waals surface area contributed by atoms with Crippen LogP contribution in [0.2, 0.25) is 0 Å². The molecule has 0 radical (unpaired) electrons. The number of ether oxygens (including phenoxy) is 1. The van der Waals surface area contributed by atoms with E-state index in [4.69, 9.17) is 9.72 Å². The normalized spacial score (nSPS) is 14.0. The average molecular weight is 390 g/mol. The Hall–Kier alpha value is -3.28. The number of piperazine rings is 1. The SMILES string of the molecule is COc1cccc(Nc2nc(C)cc(N3CCN(c4cccc(C)c4)CC3)n2)c1. The van der Waals surface area contributed by atoms with Gasteiger partial charge in [0, 0.05) is 55.4 Å². The van der Waals surface area contributed by atoms with Crippen LogP contribution in [0.4, 0.5) is 23.1 Å². The highest BCUT2D eigenvalue weighted by atomic mass is 16.5. The Bertz CT molecular complexity index is 983. The predicted molar refractivity (Wildman–Crippen MR) is 119 cm³/mol. The van der Waals surface area contributed by atoms with Crippen LogP contribution in [0.15, 0.2) is 54.6 Å². The van der Waals surface area contributed by atoms with Gasteiger partial charge in [0.2, 0.25) is 5.95 Å². The summed E-state index contributed by atoms with van der Waals surface area (Å²) in [6.07, 6.45) is 0. The minimum absolute atomic E-state index is 0.606. The number of nitrogens with zero attached hydrogens (tertiary/aromatic N) is 4. The summed E-state index contributed by atoms with van der Waals surface area (Å²) in [5, 5.41) is 3.30. The highest BCUT2D eigenvalue weighted by Crippen LogP contribution is 2.24. The summed E-state index contributed by atoms with van der Waals surface area (Å²) < 4.78 is 5.30. The number of aryl methyl sites for hydroxylation is 2. The van der Waals surface area contributed by atoms with Gasteiger partial charge in [0.1, 0.15) is 11.6 Å². The van der Waals surface area contributed by atoms with Gasteiger partial charge in [0.15, 0.2) is 0 Å². The molecule has 1 aromatic heterocycles. The summed E-state index contributed by atoms with van der Waals surface area (Å²) in [6, 6.07) is 18.5. The first-order valence-electron chi connectivity index (χ1n) is 9.94. The quantitative estimate of drug-likeness (QED) is 0.707. The van der Waals surface area contributed by atoms with E-state index in [-0.39, 0.29) is 0 Å². The summed E-state index contributed by atoms with van der Waals surface area (Å²) in [7, 11) is 1.66. The lowest BCUT2D eigenvalue weighted by Crippen LogP contribution is -2.47. The van der Waals surface area contributed by atoms with Crippen LogP contribution >= 0.6 is 0 Å². The van der Waals surface area contributed by atoms with Crippen LogP contribution in [0.3, 0.4) is 0 Å². The molecule has 1 aliphatic heterocycles. The van der Waals surface area contributed by atoms with Gasteiger partial charge in [-0.1, -0.05) is 18.2 Å². The molecule has 1 N–H and O–H groups in total. The standard InChI is InChI=1S/C23H27N5O/c1-17-6-4-8-20(14-17)27-10-12-28(13-11-27)22-15-18(2)24-23(26-22)25-19-7-5-9-21(16-19)29-3/h4-9,14-16H,10-13H2,1-3H3,(H,24,25,26). The van der Waals surface area contributed by atoms with E-state index >= 15 is 0 Å². The number of methoxy groups -OCH3 is 1. The molecule has 0 spiro atoms. The van der Waals surface area contributed by atoms with Gasteiger partial charge in [0.25, 0.3) is 0 Å². The third kappa shape index (κ3) is 4.59. The van der Waals surface area contributed by atoms with Gasteiger partial charge in [-0.3, -0.25) is 0 Å². The van der Waals surface area contributed by atoms with E-state index in [9.17, 15) is 0 Å². The molecule has 6 nitrogen and oxygen atoms in total. The van der Waals surface area contributed by atoms with Crippen LogP contribution < -0.4 is 19.9 Å². The second kappa shape index (κ2) is 8.39. The highest BCUT2D eigenvalue weighted by molar-refractivity contribution is 5.58. The Labute approximate surface area is 172 Å². The Morgan fingerprint density at radius 3 is 2.38 bits per heavy atom. The first-order chi connectivity index (χ1) is 14.1. The highest BCUT2D eigenvalue weighted by Gasteiger charge is 2.19. The van der Waals surface area contributed by atoms with Crippen molar-refractivity contribution in [1.29, 1.82) is 0 Å². The van der Waals surface area contributed by atoms with Crippen LogP contribution in [0.1, 0.15) is 11.3 Å². The molecule has 29 heavy (non-hydrogen) atoms. The van der Waals surface area contributed by atoms with E-state index in [1.165, 1.54) is 11.3 Å². The van der Waals surface area contributed by atoms with E-state index in [0.29, 0.717) is 5.95 Å². The molecular weight excluding hydrogens is 362 g/mol. The van der Waals surface area contributed by atoms with E-state index < -0.39 is 0 Å². The Morgan fingerprint density at radius 2 is 1.62 bits per heavy atom. The molecule has 2 heterocycles. The zero-order chi connectivity index (χ0) is 20.2. The number of hydrogen-bond donors (Lipinski definition) is 1. The van der Waals surface area contributed by atoms with Gasteiger partial charge in [-0.15, -0.1) is 0 Å². The molecule has 2 aromatic carbocycles. The summed E-state index contributed by atoms with van der Waals surface area (Å²) in [6.45, 7) is 7.97. The molecule has 3 aromatic rings. The van der Waals surface area contributed by atoms with Gasteiger partial charge in [-0.2, -0.15) is 4.98 Å². The average Bonchev–Trinajstić information content (AvgIpc) is 2.73. The molecule has 0 atom stereocenters. The van der Waals surface area contributed by atoms with Crippen LogP contribution in [0.25, 0.3) is 0 Å². The van der Waals surface area contributed by atoms with Crippen LogP contribution in [0, 0.1) is 13.8 Å². The molecule has 150 valence electrons. The number of aromatic nitrogens is 2. The second-order valence-electron chi connectivity index (χ2n) is 7.36. The van der Waals surface area contributed by atoms with Gasteiger partial charge in [0.05, 0.1) is 7.11 Å². The minimum Gasteiger partial charge on any atom is -0.497 e. The van der Waals surface area contributed by atoms with Crippen molar-refractivity contribution in [3.8, 4) is 5.75 Å². The molecule has 0 unspecified atom stereocenters. The first kappa shape index (κ1) is 19.1. The number of nitrogens with one attached hydrogen (secondary N) is 1. The van der Waals surface area contributed by atoms with Gasteiger partial charge in [-0.05, 0) is 43.7 Å². The zero-order valence-corrected chi connectivity index (χ0v) is 17.2. The van der Waals surface area contributed by atoms with E-state index in [1.54, 1.807) is 7.11 Å². The van der Waals surface area contributed by atoms with Crippen LogP contribution in [-0.2, 0) is 0 Å². The summed E-state index contributed by atoms with van der Waals surface area (Å²) in [4.78, 5) is 14.1. The van der Waals surface area contributed by atoms with E-state index in [2.05, 4.69) is 57.4 Å². The molecule has 1 aliphatic rings. The molecule has 1 saturated heterocycles. The van der Waals surface area contributed by atoms with Crippen molar-refractivity contribution in [2.45, 2.75) is 13.8 Å². The number of hydrogen-bond acceptors (Lipinski definition) is 6. The summed E-state index contributed by atoms with van der Waals surface area (Å²) >= 11 is 0.